The zero-order valence-electron chi connectivity index (χ0n) is 16.6. The fraction of sp³-hybridized carbons (Fsp3) is 0.208. The summed E-state index contributed by atoms with van der Waals surface area (Å²) >= 11 is 0. The molecular weight excluding hydrogens is 394 g/mol. The lowest BCUT2D eigenvalue weighted by molar-refractivity contribution is 0.589. The Morgan fingerprint density at radius 1 is 0.900 bits per heavy atom. The van der Waals surface area contributed by atoms with Crippen molar-refractivity contribution >= 4 is 21.4 Å². The van der Waals surface area contributed by atoms with Gasteiger partial charge in [-0.25, -0.2) is 13.4 Å². The van der Waals surface area contributed by atoms with Gasteiger partial charge in [0.25, 0.3) is 10.0 Å². The van der Waals surface area contributed by atoms with Crippen molar-refractivity contribution in [2.24, 2.45) is 0 Å². The number of nitrogens with zero attached hydrogens (tertiary/aromatic N) is 3. The number of aryl methyl sites for hydroxylation is 2. The van der Waals surface area contributed by atoms with Gasteiger partial charge in [0.1, 0.15) is 5.65 Å². The lowest BCUT2D eigenvalue weighted by Crippen LogP contribution is -2.31. The molecule has 0 aliphatic heterocycles. The summed E-state index contributed by atoms with van der Waals surface area (Å²) < 4.78 is 31.0. The van der Waals surface area contributed by atoms with E-state index in [2.05, 4.69) is 4.98 Å². The Kier molecular flexibility index (Phi) is 4.79. The van der Waals surface area contributed by atoms with Crippen LogP contribution in [0, 0.1) is 0 Å². The number of rotatable bonds is 5. The molecule has 0 amide bonds. The Bertz CT molecular complexity index is 1300. The third kappa shape index (κ3) is 3.37. The fourth-order valence-electron chi connectivity index (χ4n) is 4.16. The van der Waals surface area contributed by atoms with Crippen LogP contribution in [0.5, 0.6) is 0 Å². The number of anilines is 1. The van der Waals surface area contributed by atoms with Crippen molar-refractivity contribution in [1.82, 2.24) is 9.38 Å². The number of sulfonamides is 1. The van der Waals surface area contributed by atoms with Gasteiger partial charge in [0, 0.05) is 6.20 Å². The Balaban J connectivity index is 1.59. The van der Waals surface area contributed by atoms with Gasteiger partial charge >= 0.3 is 0 Å². The molecule has 0 bridgehead atoms. The summed E-state index contributed by atoms with van der Waals surface area (Å²) in [7, 11) is -3.74. The molecule has 5 rings (SSSR count). The van der Waals surface area contributed by atoms with Gasteiger partial charge in [0.05, 0.1) is 29.0 Å². The highest BCUT2D eigenvalue weighted by molar-refractivity contribution is 7.92. The van der Waals surface area contributed by atoms with Crippen molar-refractivity contribution in [2.75, 3.05) is 4.31 Å². The van der Waals surface area contributed by atoms with Gasteiger partial charge in [-0.1, -0.05) is 30.3 Å². The SMILES string of the molecule is O=S(=O)(c1ccc2c(c1)CCCC2)N(Cc1cnc2ccccn12)c1ccccc1. The molecule has 0 saturated heterocycles. The molecule has 1 aliphatic rings. The number of aromatic nitrogens is 2. The molecule has 0 N–H and O–H groups in total. The summed E-state index contributed by atoms with van der Waals surface area (Å²) in [5, 5.41) is 0. The third-order valence-corrected chi connectivity index (χ3v) is 7.52. The Labute approximate surface area is 176 Å². The van der Waals surface area contributed by atoms with Crippen LogP contribution in [0.25, 0.3) is 5.65 Å². The highest BCUT2D eigenvalue weighted by Crippen LogP contribution is 2.29. The molecule has 30 heavy (non-hydrogen) atoms. The third-order valence-electron chi connectivity index (χ3n) is 5.75. The van der Waals surface area contributed by atoms with E-state index < -0.39 is 10.0 Å². The highest BCUT2D eigenvalue weighted by atomic mass is 32.2. The number of hydrogen-bond donors (Lipinski definition) is 0. The Hall–Kier alpha value is -3.12. The van der Waals surface area contributed by atoms with Gasteiger partial charge in [-0.15, -0.1) is 0 Å². The van der Waals surface area contributed by atoms with Crippen LogP contribution in [0.1, 0.15) is 29.7 Å². The number of imidazole rings is 1. The summed E-state index contributed by atoms with van der Waals surface area (Å²) in [4.78, 5) is 4.77. The zero-order valence-corrected chi connectivity index (χ0v) is 17.4. The summed E-state index contributed by atoms with van der Waals surface area (Å²) in [5.41, 5.74) is 4.68. The average Bonchev–Trinajstić information content (AvgIpc) is 3.20. The van der Waals surface area contributed by atoms with Crippen LogP contribution in [0.2, 0.25) is 0 Å². The van der Waals surface area contributed by atoms with Crippen molar-refractivity contribution in [2.45, 2.75) is 37.1 Å². The fourth-order valence-corrected chi connectivity index (χ4v) is 5.64. The molecule has 0 radical (unpaired) electrons. The number of para-hydroxylation sites is 1. The summed E-state index contributed by atoms with van der Waals surface area (Å²) in [6.07, 6.45) is 7.90. The predicted molar refractivity (Wildman–Crippen MR) is 118 cm³/mol. The number of hydrogen-bond acceptors (Lipinski definition) is 3. The molecule has 5 nitrogen and oxygen atoms in total. The van der Waals surface area contributed by atoms with E-state index in [0.717, 1.165) is 36.2 Å². The van der Waals surface area contributed by atoms with Gasteiger partial charge in [0.15, 0.2) is 0 Å². The minimum Gasteiger partial charge on any atom is -0.302 e. The van der Waals surface area contributed by atoms with Crippen LogP contribution < -0.4 is 4.31 Å². The highest BCUT2D eigenvalue weighted by Gasteiger charge is 2.27. The summed E-state index contributed by atoms with van der Waals surface area (Å²) in [5.74, 6) is 0. The molecule has 0 fully saturated rings. The first kappa shape index (κ1) is 18.9. The monoisotopic (exact) mass is 417 g/mol. The quantitative estimate of drug-likeness (QED) is 0.477. The first-order valence-corrected chi connectivity index (χ1v) is 11.7. The molecule has 0 spiro atoms. The van der Waals surface area contributed by atoms with Crippen LogP contribution in [-0.2, 0) is 29.4 Å². The first-order chi connectivity index (χ1) is 14.6. The zero-order chi connectivity index (χ0) is 20.6. The van der Waals surface area contributed by atoms with Gasteiger partial charge in [-0.3, -0.25) is 4.31 Å². The minimum absolute atomic E-state index is 0.203. The van der Waals surface area contributed by atoms with E-state index in [9.17, 15) is 8.42 Å². The van der Waals surface area contributed by atoms with Crippen LogP contribution in [0.4, 0.5) is 5.69 Å². The molecule has 0 atom stereocenters. The lowest BCUT2D eigenvalue weighted by Gasteiger charge is -2.25. The molecule has 6 heteroatoms. The van der Waals surface area contributed by atoms with E-state index in [1.807, 2.05) is 71.3 Å². The van der Waals surface area contributed by atoms with Gasteiger partial charge in [-0.2, -0.15) is 0 Å². The Morgan fingerprint density at radius 2 is 1.67 bits per heavy atom. The molecule has 2 aromatic carbocycles. The maximum absolute atomic E-state index is 13.8. The second-order valence-electron chi connectivity index (χ2n) is 7.66. The summed E-state index contributed by atoms with van der Waals surface area (Å²) in [6, 6.07) is 20.6. The van der Waals surface area contributed by atoms with Gasteiger partial charge in [-0.05, 0) is 73.2 Å². The molecule has 152 valence electrons. The first-order valence-electron chi connectivity index (χ1n) is 10.2. The second kappa shape index (κ2) is 7.61. The molecule has 1 aliphatic carbocycles. The minimum atomic E-state index is -3.74. The lowest BCUT2D eigenvalue weighted by atomic mass is 9.92. The van der Waals surface area contributed by atoms with Crippen LogP contribution >= 0.6 is 0 Å². The molecule has 0 saturated carbocycles. The smallest absolute Gasteiger partial charge is 0.264 e. The number of fused-ring (bicyclic) bond motifs is 2. The largest absolute Gasteiger partial charge is 0.302 e. The van der Waals surface area contributed by atoms with Crippen LogP contribution in [-0.4, -0.2) is 17.8 Å². The van der Waals surface area contributed by atoms with Crippen molar-refractivity contribution < 1.29 is 8.42 Å². The number of pyridine rings is 1. The molecule has 2 heterocycles. The van der Waals surface area contributed by atoms with E-state index in [1.54, 1.807) is 12.3 Å². The average molecular weight is 418 g/mol. The van der Waals surface area contributed by atoms with E-state index in [4.69, 9.17) is 0 Å². The molecule has 4 aromatic rings. The standard InChI is InChI=1S/C24H23N3O2S/c28-30(29,23-14-13-19-8-4-5-9-20(19)16-23)27(21-10-2-1-3-11-21)18-22-17-25-24-12-6-7-15-26(22)24/h1-3,6-7,10-17H,4-5,8-9,18H2. The van der Waals surface area contributed by atoms with Crippen molar-refractivity contribution in [1.29, 1.82) is 0 Å². The van der Waals surface area contributed by atoms with Crippen LogP contribution in [0.15, 0.2) is 84.0 Å². The van der Waals surface area contributed by atoms with Gasteiger partial charge < -0.3 is 4.40 Å². The normalized spacial score (nSPS) is 13.9. The van der Waals surface area contributed by atoms with Crippen molar-refractivity contribution in [3.05, 3.63) is 95.9 Å². The van der Waals surface area contributed by atoms with Crippen molar-refractivity contribution in [3.8, 4) is 0 Å². The summed E-state index contributed by atoms with van der Waals surface area (Å²) in [6.45, 7) is 0.203. The maximum atomic E-state index is 13.8. The van der Waals surface area contributed by atoms with E-state index in [1.165, 1.54) is 16.3 Å². The molecule has 0 unspecified atom stereocenters. The molecular formula is C24H23N3O2S. The van der Waals surface area contributed by atoms with Crippen molar-refractivity contribution in [3.63, 3.8) is 0 Å². The van der Waals surface area contributed by atoms with E-state index in [-0.39, 0.29) is 6.54 Å². The van der Waals surface area contributed by atoms with Gasteiger partial charge in [0.2, 0.25) is 0 Å². The number of benzene rings is 2. The predicted octanol–water partition coefficient (Wildman–Crippen LogP) is 4.61. The van der Waals surface area contributed by atoms with Crippen LogP contribution in [0.3, 0.4) is 0 Å². The maximum Gasteiger partial charge on any atom is 0.264 e. The molecule has 2 aromatic heterocycles. The van der Waals surface area contributed by atoms with E-state index in [0.29, 0.717) is 10.6 Å². The Morgan fingerprint density at radius 3 is 2.50 bits per heavy atom. The van der Waals surface area contributed by atoms with E-state index >= 15 is 0 Å². The second-order valence-corrected chi connectivity index (χ2v) is 9.53. The topological polar surface area (TPSA) is 54.7 Å².